The summed E-state index contributed by atoms with van der Waals surface area (Å²) in [5.41, 5.74) is 8.31. The first-order valence-corrected chi connectivity index (χ1v) is 7.28. The molecule has 1 atom stereocenters. The summed E-state index contributed by atoms with van der Waals surface area (Å²) in [5, 5.41) is 6.31. The van der Waals surface area contributed by atoms with Gasteiger partial charge in [-0.2, -0.15) is 0 Å². The predicted molar refractivity (Wildman–Crippen MR) is 80.0 cm³/mol. The largest absolute Gasteiger partial charge is 0.482 e. The summed E-state index contributed by atoms with van der Waals surface area (Å²) in [6.07, 6.45) is 4.95. The Morgan fingerprint density at radius 3 is 3.00 bits per heavy atom. The molecular formula is C15H21N3O2. The topological polar surface area (TPSA) is 76.4 Å². The fraction of sp³-hybridized carbons (Fsp3) is 0.533. The second-order valence-corrected chi connectivity index (χ2v) is 5.70. The number of benzene rings is 1. The van der Waals surface area contributed by atoms with Crippen molar-refractivity contribution in [2.75, 3.05) is 23.0 Å². The number of carbonyl (C=O) groups is 1. The van der Waals surface area contributed by atoms with Crippen LogP contribution in [-0.4, -0.2) is 18.6 Å². The van der Waals surface area contributed by atoms with E-state index in [2.05, 4.69) is 17.6 Å². The molecule has 1 unspecified atom stereocenters. The average molecular weight is 275 g/mol. The van der Waals surface area contributed by atoms with Crippen LogP contribution >= 0.6 is 0 Å². The molecule has 1 amide bonds. The molecule has 20 heavy (non-hydrogen) atoms. The molecular weight excluding hydrogens is 254 g/mol. The Morgan fingerprint density at radius 1 is 1.50 bits per heavy atom. The summed E-state index contributed by atoms with van der Waals surface area (Å²) in [6.45, 7) is 2.23. The van der Waals surface area contributed by atoms with Gasteiger partial charge in [-0.3, -0.25) is 4.79 Å². The molecule has 0 bridgehead atoms. The molecule has 5 heteroatoms. The summed E-state index contributed by atoms with van der Waals surface area (Å²) in [7, 11) is 0. The van der Waals surface area contributed by atoms with Gasteiger partial charge in [0.2, 0.25) is 0 Å². The number of rotatable bonds is 5. The van der Waals surface area contributed by atoms with Crippen molar-refractivity contribution in [3.63, 3.8) is 0 Å². The molecule has 1 aliphatic heterocycles. The monoisotopic (exact) mass is 275 g/mol. The highest BCUT2D eigenvalue weighted by Crippen LogP contribution is 2.38. The van der Waals surface area contributed by atoms with E-state index < -0.39 is 0 Å². The van der Waals surface area contributed by atoms with Crippen LogP contribution in [0, 0.1) is 5.92 Å². The maximum atomic E-state index is 11.4. The predicted octanol–water partition coefficient (Wildman–Crippen LogP) is 2.59. The van der Waals surface area contributed by atoms with Crippen LogP contribution in [0.15, 0.2) is 12.1 Å². The molecule has 1 saturated carbocycles. The third kappa shape index (κ3) is 2.81. The summed E-state index contributed by atoms with van der Waals surface area (Å²) < 4.78 is 5.36. The molecule has 3 rings (SSSR count). The Labute approximate surface area is 118 Å². The fourth-order valence-electron chi connectivity index (χ4n) is 2.57. The molecule has 1 aromatic rings. The molecule has 4 N–H and O–H groups in total. The van der Waals surface area contributed by atoms with Gasteiger partial charge in [-0.1, -0.05) is 19.8 Å². The zero-order chi connectivity index (χ0) is 14.1. The lowest BCUT2D eigenvalue weighted by Gasteiger charge is -2.23. The first-order valence-electron chi connectivity index (χ1n) is 7.28. The van der Waals surface area contributed by atoms with Gasteiger partial charge in [0, 0.05) is 12.1 Å². The van der Waals surface area contributed by atoms with Crippen molar-refractivity contribution < 1.29 is 9.53 Å². The van der Waals surface area contributed by atoms with E-state index in [4.69, 9.17) is 10.5 Å². The van der Waals surface area contributed by atoms with Gasteiger partial charge in [0.05, 0.1) is 17.1 Å². The standard InChI is InChI=1S/C15H21N3O2/c1-2-10(5-9-3-4-9)17-12-7-13-14(6-11(12)16)20-8-15(19)18-13/h6-7,9-10,17H,2-5,8,16H2,1H3,(H,18,19). The van der Waals surface area contributed by atoms with E-state index in [9.17, 15) is 4.79 Å². The van der Waals surface area contributed by atoms with Crippen molar-refractivity contribution in [2.24, 2.45) is 5.92 Å². The number of hydrogen-bond donors (Lipinski definition) is 3. The van der Waals surface area contributed by atoms with E-state index in [0.717, 1.165) is 18.0 Å². The average Bonchev–Trinajstić information content (AvgIpc) is 3.23. The molecule has 0 radical (unpaired) electrons. The van der Waals surface area contributed by atoms with Gasteiger partial charge < -0.3 is 21.1 Å². The zero-order valence-corrected chi connectivity index (χ0v) is 11.7. The summed E-state index contributed by atoms with van der Waals surface area (Å²) in [6, 6.07) is 4.08. The maximum absolute atomic E-state index is 11.4. The van der Waals surface area contributed by atoms with Crippen molar-refractivity contribution in [3.8, 4) is 5.75 Å². The number of carbonyl (C=O) groups excluding carboxylic acids is 1. The van der Waals surface area contributed by atoms with Gasteiger partial charge in [-0.25, -0.2) is 0 Å². The number of ether oxygens (including phenoxy) is 1. The number of amides is 1. The SMILES string of the molecule is CCC(CC1CC1)Nc1cc2c(cc1N)OCC(=O)N2. The van der Waals surface area contributed by atoms with Crippen LogP contribution in [0.5, 0.6) is 5.75 Å². The van der Waals surface area contributed by atoms with Gasteiger partial charge in [0.25, 0.3) is 5.91 Å². The summed E-state index contributed by atoms with van der Waals surface area (Å²) in [4.78, 5) is 11.4. The molecule has 108 valence electrons. The maximum Gasteiger partial charge on any atom is 0.262 e. The van der Waals surface area contributed by atoms with Crippen molar-refractivity contribution in [1.29, 1.82) is 0 Å². The van der Waals surface area contributed by atoms with E-state index in [1.165, 1.54) is 19.3 Å². The highest BCUT2D eigenvalue weighted by atomic mass is 16.5. The van der Waals surface area contributed by atoms with Crippen LogP contribution in [0.1, 0.15) is 32.6 Å². The quantitative estimate of drug-likeness (QED) is 0.722. The Balaban J connectivity index is 1.77. The molecule has 1 aliphatic carbocycles. The van der Waals surface area contributed by atoms with Crippen molar-refractivity contribution >= 4 is 23.0 Å². The lowest BCUT2D eigenvalue weighted by atomic mass is 10.1. The van der Waals surface area contributed by atoms with Crippen LogP contribution in [0.4, 0.5) is 17.1 Å². The minimum absolute atomic E-state index is 0.0540. The van der Waals surface area contributed by atoms with Gasteiger partial charge >= 0.3 is 0 Å². The third-order valence-corrected chi connectivity index (χ3v) is 3.95. The Hall–Kier alpha value is -1.91. The Bertz CT molecular complexity index is 526. The zero-order valence-electron chi connectivity index (χ0n) is 11.7. The van der Waals surface area contributed by atoms with E-state index in [1.807, 2.05) is 6.07 Å². The Kier molecular flexibility index (Phi) is 3.42. The number of nitrogens with one attached hydrogen (secondary N) is 2. The number of nitrogen functional groups attached to an aromatic ring is 1. The lowest BCUT2D eigenvalue weighted by molar-refractivity contribution is -0.118. The number of nitrogens with two attached hydrogens (primary N) is 1. The van der Waals surface area contributed by atoms with Crippen LogP contribution in [-0.2, 0) is 4.79 Å². The van der Waals surface area contributed by atoms with E-state index >= 15 is 0 Å². The van der Waals surface area contributed by atoms with Crippen LogP contribution < -0.4 is 21.1 Å². The molecule has 1 fully saturated rings. The first kappa shape index (κ1) is 13.1. The minimum atomic E-state index is -0.127. The molecule has 5 nitrogen and oxygen atoms in total. The molecule has 0 spiro atoms. The number of anilines is 3. The van der Waals surface area contributed by atoms with E-state index in [-0.39, 0.29) is 12.5 Å². The molecule has 0 aromatic heterocycles. The van der Waals surface area contributed by atoms with E-state index in [0.29, 0.717) is 23.2 Å². The first-order chi connectivity index (χ1) is 9.65. The molecule has 2 aliphatic rings. The van der Waals surface area contributed by atoms with Gasteiger partial charge in [0.1, 0.15) is 5.75 Å². The van der Waals surface area contributed by atoms with Crippen LogP contribution in [0.25, 0.3) is 0 Å². The third-order valence-electron chi connectivity index (χ3n) is 3.95. The fourth-order valence-corrected chi connectivity index (χ4v) is 2.57. The smallest absolute Gasteiger partial charge is 0.262 e. The second-order valence-electron chi connectivity index (χ2n) is 5.70. The molecule has 1 aromatic carbocycles. The molecule has 0 saturated heterocycles. The van der Waals surface area contributed by atoms with Gasteiger partial charge in [0.15, 0.2) is 6.61 Å². The highest BCUT2D eigenvalue weighted by Gasteiger charge is 2.25. The highest BCUT2D eigenvalue weighted by molar-refractivity contribution is 5.97. The van der Waals surface area contributed by atoms with Crippen molar-refractivity contribution in [1.82, 2.24) is 0 Å². The van der Waals surface area contributed by atoms with Gasteiger partial charge in [-0.05, 0) is 24.8 Å². The van der Waals surface area contributed by atoms with Crippen LogP contribution in [0.2, 0.25) is 0 Å². The summed E-state index contributed by atoms with van der Waals surface area (Å²) in [5.74, 6) is 1.38. The lowest BCUT2D eigenvalue weighted by Crippen LogP contribution is -2.26. The minimum Gasteiger partial charge on any atom is -0.482 e. The van der Waals surface area contributed by atoms with Crippen molar-refractivity contribution in [2.45, 2.75) is 38.6 Å². The number of fused-ring (bicyclic) bond motifs is 1. The van der Waals surface area contributed by atoms with Crippen molar-refractivity contribution in [3.05, 3.63) is 12.1 Å². The second kappa shape index (κ2) is 5.23. The van der Waals surface area contributed by atoms with Gasteiger partial charge in [-0.15, -0.1) is 0 Å². The molecule has 1 heterocycles. The normalized spacial score (nSPS) is 18.8. The van der Waals surface area contributed by atoms with Crippen LogP contribution in [0.3, 0.4) is 0 Å². The number of hydrogen-bond acceptors (Lipinski definition) is 4. The summed E-state index contributed by atoms with van der Waals surface area (Å²) >= 11 is 0. The van der Waals surface area contributed by atoms with E-state index in [1.54, 1.807) is 6.07 Å². The Morgan fingerprint density at radius 2 is 2.30 bits per heavy atom.